The average Bonchev–Trinajstić information content (AvgIpc) is 3.32. The minimum absolute atomic E-state index is 0.0583. The highest BCUT2D eigenvalue weighted by Crippen LogP contribution is 2.27. The zero-order valence-corrected chi connectivity index (χ0v) is 15.7. The smallest absolute Gasteiger partial charge is 0.158 e. The van der Waals surface area contributed by atoms with Crippen LogP contribution in [0, 0.1) is 0 Å². The molecule has 27 heavy (non-hydrogen) atoms. The Kier molecular flexibility index (Phi) is 5.31. The molecule has 0 unspecified atom stereocenters. The molecule has 0 amide bonds. The molecule has 7 heteroatoms. The minimum atomic E-state index is -0.0583. The topological polar surface area (TPSA) is 72.0 Å². The van der Waals surface area contributed by atoms with E-state index >= 15 is 0 Å². The molecule has 0 atom stereocenters. The standard InChI is InChI=1S/C20H26N6O/c1-24-19(15-27)22-23-20(24)18-6-10-25(11-7-18)13-16-4-2-5-17(12-16)14-26-9-3-8-21-26/h2-5,8-9,12,18,27H,6-7,10-11,13-15H2,1H3. The van der Waals surface area contributed by atoms with Gasteiger partial charge in [0.05, 0.1) is 6.54 Å². The van der Waals surface area contributed by atoms with E-state index in [-0.39, 0.29) is 6.61 Å². The van der Waals surface area contributed by atoms with Gasteiger partial charge in [0.25, 0.3) is 0 Å². The molecule has 1 fully saturated rings. The van der Waals surface area contributed by atoms with Crippen molar-refractivity contribution >= 4 is 0 Å². The van der Waals surface area contributed by atoms with Crippen LogP contribution in [0.5, 0.6) is 0 Å². The summed E-state index contributed by atoms with van der Waals surface area (Å²) in [6.07, 6.45) is 5.95. The quantitative estimate of drug-likeness (QED) is 0.722. The van der Waals surface area contributed by atoms with Gasteiger partial charge in [0.2, 0.25) is 0 Å². The molecule has 1 N–H and O–H groups in total. The maximum Gasteiger partial charge on any atom is 0.158 e. The van der Waals surface area contributed by atoms with Crippen molar-refractivity contribution in [2.75, 3.05) is 13.1 Å². The number of likely N-dealkylation sites (tertiary alicyclic amines) is 1. The van der Waals surface area contributed by atoms with E-state index in [0.29, 0.717) is 11.7 Å². The van der Waals surface area contributed by atoms with E-state index in [1.54, 1.807) is 0 Å². The van der Waals surface area contributed by atoms with E-state index in [1.165, 1.54) is 11.1 Å². The molecular formula is C20H26N6O. The second kappa shape index (κ2) is 8.02. The van der Waals surface area contributed by atoms with Crippen molar-refractivity contribution in [1.82, 2.24) is 29.4 Å². The maximum absolute atomic E-state index is 9.30. The summed E-state index contributed by atoms with van der Waals surface area (Å²) < 4.78 is 3.89. The molecule has 2 aromatic heterocycles. The minimum Gasteiger partial charge on any atom is -0.388 e. The number of rotatable bonds is 6. The predicted octanol–water partition coefficient (Wildman–Crippen LogP) is 1.93. The Bertz CT molecular complexity index is 864. The van der Waals surface area contributed by atoms with Gasteiger partial charge in [-0.3, -0.25) is 9.58 Å². The van der Waals surface area contributed by atoms with Crippen molar-refractivity contribution < 1.29 is 5.11 Å². The molecule has 1 aliphatic heterocycles. The third-order valence-corrected chi connectivity index (χ3v) is 5.39. The van der Waals surface area contributed by atoms with E-state index in [9.17, 15) is 5.11 Å². The van der Waals surface area contributed by atoms with Crippen LogP contribution in [0.4, 0.5) is 0 Å². The summed E-state index contributed by atoms with van der Waals surface area (Å²) in [4.78, 5) is 2.51. The molecule has 3 heterocycles. The molecule has 7 nitrogen and oxygen atoms in total. The first kappa shape index (κ1) is 17.9. The van der Waals surface area contributed by atoms with Gasteiger partial charge in [-0.05, 0) is 43.1 Å². The summed E-state index contributed by atoms with van der Waals surface area (Å²) in [7, 11) is 1.94. The van der Waals surface area contributed by atoms with Crippen LogP contribution in [-0.4, -0.2) is 47.6 Å². The highest BCUT2D eigenvalue weighted by Gasteiger charge is 2.25. The molecule has 0 aliphatic carbocycles. The van der Waals surface area contributed by atoms with Gasteiger partial charge in [-0.1, -0.05) is 24.3 Å². The van der Waals surface area contributed by atoms with E-state index in [4.69, 9.17) is 0 Å². The number of hydrogen-bond acceptors (Lipinski definition) is 5. The van der Waals surface area contributed by atoms with Crippen LogP contribution in [0.15, 0.2) is 42.7 Å². The Morgan fingerprint density at radius 1 is 1.07 bits per heavy atom. The summed E-state index contributed by atoms with van der Waals surface area (Å²) in [6.45, 7) is 3.82. The number of aromatic nitrogens is 5. The fourth-order valence-electron chi connectivity index (χ4n) is 3.88. The molecule has 1 aliphatic rings. The van der Waals surface area contributed by atoms with Crippen molar-refractivity contribution in [3.8, 4) is 0 Å². The SMILES string of the molecule is Cn1c(CO)nnc1C1CCN(Cc2cccc(Cn3cccn3)c2)CC1. The lowest BCUT2D eigenvalue weighted by Crippen LogP contribution is -2.33. The highest BCUT2D eigenvalue weighted by atomic mass is 16.3. The average molecular weight is 366 g/mol. The molecule has 1 saturated heterocycles. The fraction of sp³-hybridized carbons (Fsp3) is 0.450. The van der Waals surface area contributed by atoms with Gasteiger partial charge in [0.1, 0.15) is 12.4 Å². The molecule has 3 aromatic rings. The number of hydrogen-bond donors (Lipinski definition) is 1. The van der Waals surface area contributed by atoms with Crippen LogP contribution in [-0.2, 0) is 26.7 Å². The Balaban J connectivity index is 1.34. The van der Waals surface area contributed by atoms with Crippen molar-refractivity contribution in [3.05, 3.63) is 65.5 Å². The van der Waals surface area contributed by atoms with E-state index in [0.717, 1.165) is 44.8 Å². The molecule has 0 saturated carbocycles. The summed E-state index contributed by atoms with van der Waals surface area (Å²) >= 11 is 0. The second-order valence-corrected chi connectivity index (χ2v) is 7.27. The van der Waals surface area contributed by atoms with Gasteiger partial charge in [-0.15, -0.1) is 10.2 Å². The molecule has 4 rings (SSSR count). The van der Waals surface area contributed by atoms with Gasteiger partial charge in [0.15, 0.2) is 5.82 Å². The van der Waals surface area contributed by atoms with Crippen molar-refractivity contribution in [2.45, 2.75) is 38.5 Å². The van der Waals surface area contributed by atoms with Crippen LogP contribution in [0.1, 0.15) is 41.5 Å². The number of benzene rings is 1. The number of aliphatic hydroxyl groups is 1. The van der Waals surface area contributed by atoms with E-state index in [1.807, 2.05) is 34.8 Å². The Labute approximate surface area is 159 Å². The summed E-state index contributed by atoms with van der Waals surface area (Å²) in [6, 6.07) is 10.7. The largest absolute Gasteiger partial charge is 0.388 e. The van der Waals surface area contributed by atoms with Crippen molar-refractivity contribution in [3.63, 3.8) is 0 Å². The van der Waals surface area contributed by atoms with Crippen LogP contribution in [0.2, 0.25) is 0 Å². The predicted molar refractivity (Wildman–Crippen MR) is 102 cm³/mol. The van der Waals surface area contributed by atoms with Gasteiger partial charge in [-0.25, -0.2) is 0 Å². The molecule has 0 radical (unpaired) electrons. The second-order valence-electron chi connectivity index (χ2n) is 7.27. The van der Waals surface area contributed by atoms with Gasteiger partial charge >= 0.3 is 0 Å². The van der Waals surface area contributed by atoms with E-state index in [2.05, 4.69) is 44.5 Å². The molecule has 0 bridgehead atoms. The number of piperidine rings is 1. The molecule has 142 valence electrons. The first-order valence-corrected chi connectivity index (χ1v) is 9.49. The van der Waals surface area contributed by atoms with Gasteiger partial charge < -0.3 is 9.67 Å². The summed E-state index contributed by atoms with van der Waals surface area (Å²) in [5.41, 5.74) is 2.63. The van der Waals surface area contributed by atoms with Crippen LogP contribution in [0.25, 0.3) is 0 Å². The van der Waals surface area contributed by atoms with Crippen LogP contribution < -0.4 is 0 Å². The lowest BCUT2D eigenvalue weighted by Gasteiger charge is -2.31. The van der Waals surface area contributed by atoms with Crippen LogP contribution >= 0.6 is 0 Å². The number of aliphatic hydroxyl groups excluding tert-OH is 1. The summed E-state index contributed by atoms with van der Waals surface area (Å²) in [5.74, 6) is 2.06. The monoisotopic (exact) mass is 366 g/mol. The fourth-order valence-corrected chi connectivity index (χ4v) is 3.88. The van der Waals surface area contributed by atoms with Gasteiger partial charge in [-0.2, -0.15) is 5.10 Å². The van der Waals surface area contributed by atoms with Gasteiger partial charge in [0, 0.05) is 31.9 Å². The normalized spacial score (nSPS) is 16.1. The third kappa shape index (κ3) is 4.09. The Morgan fingerprint density at radius 2 is 1.85 bits per heavy atom. The first-order valence-electron chi connectivity index (χ1n) is 9.49. The zero-order chi connectivity index (χ0) is 18.6. The third-order valence-electron chi connectivity index (χ3n) is 5.39. The maximum atomic E-state index is 9.30. The molecule has 0 spiro atoms. The zero-order valence-electron chi connectivity index (χ0n) is 15.7. The summed E-state index contributed by atoms with van der Waals surface area (Å²) in [5, 5.41) is 22.0. The Hall–Kier alpha value is -2.51. The molecular weight excluding hydrogens is 340 g/mol. The first-order chi connectivity index (χ1) is 13.2. The van der Waals surface area contributed by atoms with Crippen molar-refractivity contribution in [1.29, 1.82) is 0 Å². The van der Waals surface area contributed by atoms with Crippen LogP contribution in [0.3, 0.4) is 0 Å². The lowest BCUT2D eigenvalue weighted by molar-refractivity contribution is 0.200. The lowest BCUT2D eigenvalue weighted by atomic mass is 9.95. The number of nitrogens with zero attached hydrogens (tertiary/aromatic N) is 6. The van der Waals surface area contributed by atoms with Crippen molar-refractivity contribution in [2.24, 2.45) is 7.05 Å². The molecule has 1 aromatic carbocycles. The van der Waals surface area contributed by atoms with E-state index < -0.39 is 0 Å². The Morgan fingerprint density at radius 3 is 2.52 bits per heavy atom. The highest BCUT2D eigenvalue weighted by molar-refractivity contribution is 5.23.